The molecule has 0 aliphatic rings. The van der Waals surface area contributed by atoms with E-state index < -0.39 is 29.8 Å². The number of ether oxygens (including phenoxy) is 10. The Hall–Kier alpha value is -3.71. The lowest BCUT2D eigenvalue weighted by Gasteiger charge is -2.26. The Morgan fingerprint density at radius 3 is 0.593 bits per heavy atom. The molecular formula is C94H174N4O20S5. The highest BCUT2D eigenvalue weighted by molar-refractivity contribution is 8.00. The molecule has 720 valence electrons. The number of unbranched alkanes of at least 4 members (excludes halogenated alkanes) is 25. The zero-order chi connectivity index (χ0) is 90.5. The average Bonchev–Trinajstić information content (AvgIpc) is 0.952. The topological polar surface area (TPSA) is 285 Å². The van der Waals surface area contributed by atoms with Crippen LogP contribution in [0.1, 0.15) is 313 Å². The van der Waals surface area contributed by atoms with Gasteiger partial charge in [-0.3, -0.25) is 47.9 Å². The first kappa shape index (κ1) is 119. The van der Waals surface area contributed by atoms with Crippen LogP contribution in [0, 0.1) is 29.6 Å². The Morgan fingerprint density at radius 1 is 0.220 bits per heavy atom. The van der Waals surface area contributed by atoms with Crippen molar-refractivity contribution in [2.24, 2.45) is 29.6 Å². The van der Waals surface area contributed by atoms with Crippen LogP contribution in [0.5, 0.6) is 0 Å². The van der Waals surface area contributed by atoms with Gasteiger partial charge in [0.15, 0.2) is 0 Å². The molecule has 123 heavy (non-hydrogen) atoms. The van der Waals surface area contributed by atoms with E-state index in [1.54, 1.807) is 58.8 Å². The largest absolute Gasteiger partial charge is 0.462 e. The molecule has 29 heteroatoms. The highest BCUT2D eigenvalue weighted by Gasteiger charge is 2.23. The number of nitrogens with zero attached hydrogens (tertiary/aromatic N) is 3. The molecule has 0 heterocycles. The monoisotopic (exact) mass is 1840 g/mol. The third-order valence-corrected chi connectivity index (χ3v) is 27.3. The van der Waals surface area contributed by atoms with Gasteiger partial charge in [0.1, 0.15) is 66.1 Å². The molecule has 0 aliphatic heterocycles. The second-order valence-electron chi connectivity index (χ2n) is 32.7. The normalized spacial score (nSPS) is 12.7. The first-order chi connectivity index (χ1) is 59.7. The van der Waals surface area contributed by atoms with Gasteiger partial charge < -0.3 is 67.4 Å². The molecule has 0 saturated heterocycles. The number of hydrogen-bond donors (Lipinski definition) is 1. The van der Waals surface area contributed by atoms with Crippen molar-refractivity contribution in [3.63, 3.8) is 0 Å². The van der Waals surface area contributed by atoms with Gasteiger partial charge in [0.2, 0.25) is 0 Å². The van der Waals surface area contributed by atoms with Crippen LogP contribution < -0.4 is 5.32 Å². The molecule has 0 radical (unpaired) electrons. The van der Waals surface area contributed by atoms with Crippen LogP contribution in [0.15, 0.2) is 0 Å². The molecule has 0 bridgehead atoms. The summed E-state index contributed by atoms with van der Waals surface area (Å²) in [5, 5.41) is 3.54. The summed E-state index contributed by atoms with van der Waals surface area (Å²) in [5.74, 6) is 2.92. The molecule has 0 rings (SSSR count). The van der Waals surface area contributed by atoms with E-state index in [-0.39, 0.29) is 171 Å². The van der Waals surface area contributed by atoms with Crippen LogP contribution in [0.2, 0.25) is 0 Å². The van der Waals surface area contributed by atoms with Gasteiger partial charge in [0.05, 0.1) is 61.7 Å². The maximum absolute atomic E-state index is 13.4. The highest BCUT2D eigenvalue weighted by atomic mass is 32.2. The van der Waals surface area contributed by atoms with Crippen molar-refractivity contribution in [3.8, 4) is 0 Å². The van der Waals surface area contributed by atoms with E-state index in [1.165, 1.54) is 161 Å². The van der Waals surface area contributed by atoms with Gasteiger partial charge in [0.25, 0.3) is 0 Å². The molecule has 1 N–H and O–H groups in total. The second kappa shape index (κ2) is 88.9. The second-order valence-corrected chi connectivity index (χ2v) is 38.5. The third kappa shape index (κ3) is 79.0. The van der Waals surface area contributed by atoms with Gasteiger partial charge in [-0.25, -0.2) is 0 Å². The fraction of sp³-hybridized carbons (Fsp3) is 0.894. The highest BCUT2D eigenvalue weighted by Crippen LogP contribution is 2.21. The van der Waals surface area contributed by atoms with E-state index in [1.807, 2.05) is 44.4 Å². The lowest BCUT2D eigenvalue weighted by Crippen LogP contribution is -2.35. The van der Waals surface area contributed by atoms with Crippen LogP contribution in [0.25, 0.3) is 0 Å². The van der Waals surface area contributed by atoms with E-state index >= 15 is 0 Å². The number of carbonyl (C=O) groups excluding carboxylic acids is 10. The lowest BCUT2D eigenvalue weighted by atomic mass is 10.1. The molecule has 5 unspecified atom stereocenters. The summed E-state index contributed by atoms with van der Waals surface area (Å²) in [6.45, 7) is 24.4. The minimum absolute atomic E-state index is 0.00125. The van der Waals surface area contributed by atoms with Crippen molar-refractivity contribution in [2.45, 2.75) is 313 Å². The number of hydrogen-bond acceptors (Lipinski definition) is 29. The summed E-state index contributed by atoms with van der Waals surface area (Å²) in [6.07, 6.45) is 38.5. The average molecular weight is 1840 g/mol. The third-order valence-electron chi connectivity index (χ3n) is 20.8. The molecule has 0 spiro atoms. The fourth-order valence-corrected chi connectivity index (χ4v) is 18.2. The summed E-state index contributed by atoms with van der Waals surface area (Å²) in [4.78, 5) is 136. The zero-order valence-electron chi connectivity index (χ0n) is 78.7. The van der Waals surface area contributed by atoms with Crippen molar-refractivity contribution >= 4 is 119 Å². The molecular weight excluding hydrogens is 1670 g/mol. The van der Waals surface area contributed by atoms with Crippen LogP contribution in [0.3, 0.4) is 0 Å². The predicted molar refractivity (Wildman–Crippen MR) is 508 cm³/mol. The molecule has 0 saturated carbocycles. The van der Waals surface area contributed by atoms with Gasteiger partial charge in [-0.05, 0) is 119 Å². The van der Waals surface area contributed by atoms with Crippen molar-refractivity contribution < 1.29 is 95.3 Å². The number of carbonyl (C=O) groups is 10. The quantitative estimate of drug-likeness (QED) is 0.0336. The van der Waals surface area contributed by atoms with Gasteiger partial charge in [-0.15, -0.1) is 0 Å². The minimum Gasteiger partial charge on any atom is -0.462 e. The van der Waals surface area contributed by atoms with Gasteiger partial charge >= 0.3 is 59.7 Å². The SMILES string of the molecule is CCCCCCCCSCC(C)C(=O)OCCOC(=O)CCN(CCCNCCCN(CCC(=O)OCCOC(=O)C(C)CSCCCCCCCC)CCC(=O)OCCOC(=O)C(C)CSCCCCCCCC)CCCN(CCC(=O)OCCOC(=O)C(C)CSCCCCCCCC)CCC(=O)OCCOC(=O)C(C)CSCCCCCCCC. The molecule has 0 amide bonds. The molecule has 0 aromatic carbocycles. The van der Waals surface area contributed by atoms with Crippen molar-refractivity contribution in [3.05, 3.63) is 0 Å². The summed E-state index contributed by atoms with van der Waals surface area (Å²) in [6, 6.07) is 0. The van der Waals surface area contributed by atoms with Crippen molar-refractivity contribution in [1.29, 1.82) is 0 Å². The molecule has 0 fully saturated rings. The number of nitrogens with one attached hydrogen (secondary N) is 1. The van der Waals surface area contributed by atoms with E-state index in [2.05, 4.69) is 44.8 Å². The standard InChI is InChI=1S/C94H174N4O20S5/c1-11-16-21-26-31-36-70-119-75-80(6)90(104)114-65-60-109-85(99)44-55-96(53-43-54-98(58-47-88(102)112-63-68-117-93(107)83(9)78-122-73-39-34-29-24-19-14-4)59-48-89(103)113-64-69-118-94(108)84(10)79-123-74-40-35-30-25-20-15-5)51-41-49-95-50-42-52-97(56-45-86(100)110-61-66-115-91(105)81(7)76-120-71-37-32-27-22-17-12-2)57-46-87(101)111-62-67-116-92(106)82(8)77-121-72-38-33-28-23-18-13-3/h80-84,95H,11-79H2,1-10H3. The number of esters is 10. The zero-order valence-corrected chi connectivity index (χ0v) is 82.8. The van der Waals surface area contributed by atoms with Crippen LogP contribution in [-0.2, 0) is 95.3 Å². The van der Waals surface area contributed by atoms with Crippen LogP contribution >= 0.6 is 58.8 Å². The Labute approximate surface area is 767 Å². The molecule has 5 atom stereocenters. The van der Waals surface area contributed by atoms with E-state index in [0.29, 0.717) is 107 Å². The summed E-state index contributed by atoms with van der Waals surface area (Å²) in [7, 11) is 0. The van der Waals surface area contributed by atoms with Gasteiger partial charge in [0, 0.05) is 61.5 Å². The van der Waals surface area contributed by atoms with E-state index in [9.17, 15) is 47.9 Å². The molecule has 0 aromatic rings. The predicted octanol–water partition coefficient (Wildman–Crippen LogP) is 18.7. The number of rotatable bonds is 92. The fourth-order valence-electron chi connectivity index (χ4n) is 12.9. The van der Waals surface area contributed by atoms with E-state index in [4.69, 9.17) is 47.4 Å². The smallest absolute Gasteiger partial charge is 0.309 e. The maximum atomic E-state index is 13.4. The first-order valence-electron chi connectivity index (χ1n) is 48.1. The first-order valence-corrected chi connectivity index (χ1v) is 53.9. The van der Waals surface area contributed by atoms with Gasteiger partial charge in [-0.2, -0.15) is 58.8 Å². The number of thioether (sulfide) groups is 5. The molecule has 0 aliphatic carbocycles. The summed E-state index contributed by atoms with van der Waals surface area (Å²) in [5.41, 5.74) is 0. The van der Waals surface area contributed by atoms with E-state index in [0.717, 1.165) is 60.9 Å². The van der Waals surface area contributed by atoms with Crippen LogP contribution in [0.4, 0.5) is 0 Å². The minimum atomic E-state index is -0.484. The Kier molecular flexibility index (Phi) is 86.2. The van der Waals surface area contributed by atoms with Crippen LogP contribution in [-0.4, -0.2) is 270 Å². The Morgan fingerprint density at radius 2 is 0.390 bits per heavy atom. The van der Waals surface area contributed by atoms with Gasteiger partial charge in [-0.1, -0.05) is 230 Å². The lowest BCUT2D eigenvalue weighted by molar-refractivity contribution is -0.154. The maximum Gasteiger partial charge on any atom is 0.309 e. The van der Waals surface area contributed by atoms with Crippen molar-refractivity contribution in [1.82, 2.24) is 20.0 Å². The summed E-state index contributed by atoms with van der Waals surface area (Å²) >= 11 is 8.77. The summed E-state index contributed by atoms with van der Waals surface area (Å²) < 4.78 is 55.0. The molecule has 0 aromatic heterocycles. The molecule has 24 nitrogen and oxygen atoms in total. The Bertz CT molecular complexity index is 2470. The Balaban J connectivity index is 6.21. The van der Waals surface area contributed by atoms with Crippen molar-refractivity contribution in [2.75, 3.05) is 196 Å².